The zero-order valence-electron chi connectivity index (χ0n) is 15.1. The summed E-state index contributed by atoms with van der Waals surface area (Å²) >= 11 is 4.20. The van der Waals surface area contributed by atoms with Gasteiger partial charge in [-0.3, -0.25) is 4.57 Å². The van der Waals surface area contributed by atoms with Crippen LogP contribution in [0.4, 0.5) is 13.2 Å². The number of thiol groups is 1. The standard InChI is InChI=1S/C19H18F3N3O2S/c1-10(2)12-7-13(16(27)8-15(12)26)17-23-24-18(28)25(17)9-11-5-3-4-6-14(11)19(20,21)22/h3-8,10,26-27H,9H2,1-2H3,(H,24,28). The Balaban J connectivity index is 2.12. The van der Waals surface area contributed by atoms with E-state index in [9.17, 15) is 23.4 Å². The number of aromatic nitrogens is 3. The molecule has 0 spiro atoms. The monoisotopic (exact) mass is 409 g/mol. The van der Waals surface area contributed by atoms with Gasteiger partial charge in [0.1, 0.15) is 11.5 Å². The Bertz CT molecular complexity index is 1020. The fraction of sp³-hybridized carbons (Fsp3) is 0.263. The number of phenolic OH excluding ortho intramolecular Hbond substituents is 2. The third-order valence-electron chi connectivity index (χ3n) is 4.39. The summed E-state index contributed by atoms with van der Waals surface area (Å²) in [5.74, 6) is -0.220. The first-order valence-electron chi connectivity index (χ1n) is 8.43. The first kappa shape index (κ1) is 20.1. The second-order valence-electron chi connectivity index (χ2n) is 6.65. The number of hydrogen-bond donors (Lipinski definition) is 3. The third kappa shape index (κ3) is 3.80. The van der Waals surface area contributed by atoms with E-state index < -0.39 is 11.7 Å². The highest BCUT2D eigenvalue weighted by molar-refractivity contribution is 7.80. The SMILES string of the molecule is CC(C)c1cc(-c2nnc(S)n2Cc2ccccc2C(F)(F)F)c(O)cc1O. The Morgan fingerprint density at radius 2 is 1.75 bits per heavy atom. The lowest BCUT2D eigenvalue weighted by Crippen LogP contribution is -2.12. The van der Waals surface area contributed by atoms with Crippen LogP contribution in [0.1, 0.15) is 36.5 Å². The van der Waals surface area contributed by atoms with Gasteiger partial charge in [0.2, 0.25) is 0 Å². The van der Waals surface area contributed by atoms with Gasteiger partial charge in [-0.25, -0.2) is 0 Å². The van der Waals surface area contributed by atoms with Crippen LogP contribution in [-0.2, 0) is 12.7 Å². The van der Waals surface area contributed by atoms with Crippen molar-refractivity contribution >= 4 is 12.6 Å². The molecule has 3 aromatic rings. The highest BCUT2D eigenvalue weighted by Crippen LogP contribution is 2.38. The van der Waals surface area contributed by atoms with Crippen LogP contribution in [0, 0.1) is 0 Å². The number of hydrogen-bond acceptors (Lipinski definition) is 5. The predicted octanol–water partition coefficient (Wildman–Crippen LogP) is 4.84. The fourth-order valence-corrected chi connectivity index (χ4v) is 3.19. The topological polar surface area (TPSA) is 71.2 Å². The highest BCUT2D eigenvalue weighted by atomic mass is 32.1. The summed E-state index contributed by atoms with van der Waals surface area (Å²) in [7, 11) is 0. The lowest BCUT2D eigenvalue weighted by atomic mass is 9.98. The molecule has 5 nitrogen and oxygen atoms in total. The Hall–Kier alpha value is -2.68. The molecule has 0 radical (unpaired) electrons. The highest BCUT2D eigenvalue weighted by Gasteiger charge is 2.33. The predicted molar refractivity (Wildman–Crippen MR) is 101 cm³/mol. The normalized spacial score (nSPS) is 12.0. The van der Waals surface area contributed by atoms with Gasteiger partial charge >= 0.3 is 6.18 Å². The van der Waals surface area contributed by atoms with E-state index in [0.717, 1.165) is 6.07 Å². The number of benzene rings is 2. The minimum Gasteiger partial charge on any atom is -0.508 e. The van der Waals surface area contributed by atoms with Crippen molar-refractivity contribution in [3.8, 4) is 22.9 Å². The van der Waals surface area contributed by atoms with Gasteiger partial charge in [-0.1, -0.05) is 32.0 Å². The van der Waals surface area contributed by atoms with E-state index in [2.05, 4.69) is 22.8 Å². The molecule has 0 unspecified atom stereocenters. The molecule has 0 amide bonds. The molecule has 0 fully saturated rings. The number of alkyl halides is 3. The second kappa shape index (κ2) is 7.38. The average molecular weight is 409 g/mol. The number of nitrogens with zero attached hydrogens (tertiary/aromatic N) is 3. The molecule has 1 aromatic heterocycles. The first-order chi connectivity index (χ1) is 13.1. The van der Waals surface area contributed by atoms with Crippen LogP contribution in [-0.4, -0.2) is 25.0 Å². The third-order valence-corrected chi connectivity index (χ3v) is 4.72. The fourth-order valence-electron chi connectivity index (χ4n) is 2.98. The molecule has 0 aliphatic carbocycles. The average Bonchev–Trinajstić information content (AvgIpc) is 2.95. The van der Waals surface area contributed by atoms with Gasteiger partial charge in [0.25, 0.3) is 0 Å². The summed E-state index contributed by atoms with van der Waals surface area (Å²) in [5.41, 5.74) is 0.0754. The van der Waals surface area contributed by atoms with E-state index in [0.29, 0.717) is 5.56 Å². The molecule has 0 atom stereocenters. The molecule has 0 saturated heterocycles. The van der Waals surface area contributed by atoms with E-state index in [4.69, 9.17) is 0 Å². The molecule has 28 heavy (non-hydrogen) atoms. The molecule has 0 aliphatic heterocycles. The summed E-state index contributed by atoms with van der Waals surface area (Å²) in [6, 6.07) is 7.95. The Morgan fingerprint density at radius 1 is 1.07 bits per heavy atom. The van der Waals surface area contributed by atoms with Gasteiger partial charge < -0.3 is 10.2 Å². The molecular weight excluding hydrogens is 391 g/mol. The quantitative estimate of drug-likeness (QED) is 0.540. The maximum absolute atomic E-state index is 13.3. The van der Waals surface area contributed by atoms with Crippen molar-refractivity contribution in [2.45, 2.75) is 37.6 Å². The van der Waals surface area contributed by atoms with Crippen LogP contribution in [0.2, 0.25) is 0 Å². The van der Waals surface area contributed by atoms with Crippen molar-refractivity contribution in [3.05, 3.63) is 53.1 Å². The lowest BCUT2D eigenvalue weighted by molar-refractivity contribution is -0.138. The second-order valence-corrected chi connectivity index (χ2v) is 7.05. The van der Waals surface area contributed by atoms with Gasteiger partial charge in [-0.15, -0.1) is 22.8 Å². The summed E-state index contributed by atoms with van der Waals surface area (Å²) < 4.78 is 41.4. The van der Waals surface area contributed by atoms with Gasteiger partial charge in [0.15, 0.2) is 11.0 Å². The Labute approximate surface area is 164 Å². The smallest absolute Gasteiger partial charge is 0.416 e. The van der Waals surface area contributed by atoms with Gasteiger partial charge in [0, 0.05) is 6.07 Å². The zero-order chi connectivity index (χ0) is 20.6. The van der Waals surface area contributed by atoms with E-state index >= 15 is 0 Å². The molecule has 1 heterocycles. The molecule has 148 valence electrons. The summed E-state index contributed by atoms with van der Waals surface area (Å²) in [6.45, 7) is 3.54. The Morgan fingerprint density at radius 3 is 2.39 bits per heavy atom. The molecule has 0 saturated carbocycles. The van der Waals surface area contributed by atoms with Gasteiger partial charge in [-0.2, -0.15) is 13.2 Å². The molecule has 0 bridgehead atoms. The van der Waals surface area contributed by atoms with E-state index in [1.165, 1.54) is 28.8 Å². The van der Waals surface area contributed by atoms with Crippen LogP contribution < -0.4 is 0 Å². The van der Waals surface area contributed by atoms with Crippen molar-refractivity contribution in [3.63, 3.8) is 0 Å². The number of rotatable bonds is 4. The van der Waals surface area contributed by atoms with Crippen LogP contribution in [0.3, 0.4) is 0 Å². The minimum absolute atomic E-state index is 0.0219. The molecule has 9 heteroatoms. The van der Waals surface area contributed by atoms with Gasteiger partial charge in [-0.05, 0) is 29.2 Å². The number of phenols is 2. The maximum Gasteiger partial charge on any atom is 0.416 e. The molecule has 2 N–H and O–H groups in total. The van der Waals surface area contributed by atoms with Crippen molar-refractivity contribution < 1.29 is 23.4 Å². The first-order valence-corrected chi connectivity index (χ1v) is 8.87. The van der Waals surface area contributed by atoms with E-state index in [1.54, 1.807) is 6.07 Å². The number of aromatic hydroxyl groups is 2. The van der Waals surface area contributed by atoms with E-state index in [1.807, 2.05) is 13.8 Å². The minimum atomic E-state index is -4.51. The van der Waals surface area contributed by atoms with Crippen LogP contribution in [0.25, 0.3) is 11.4 Å². The van der Waals surface area contributed by atoms with Crippen LogP contribution in [0.5, 0.6) is 11.5 Å². The van der Waals surface area contributed by atoms with Crippen LogP contribution in [0.15, 0.2) is 41.6 Å². The molecular formula is C19H18F3N3O2S. The Kier molecular flexibility index (Phi) is 5.29. The largest absolute Gasteiger partial charge is 0.508 e. The summed E-state index contributed by atoms with van der Waals surface area (Å²) in [4.78, 5) is 0. The zero-order valence-corrected chi connectivity index (χ0v) is 16.0. The summed E-state index contributed by atoms with van der Waals surface area (Å²) in [6.07, 6.45) is -4.51. The van der Waals surface area contributed by atoms with Crippen molar-refractivity contribution in [1.29, 1.82) is 0 Å². The van der Waals surface area contributed by atoms with Crippen LogP contribution >= 0.6 is 12.6 Å². The molecule has 3 rings (SSSR count). The van der Waals surface area contributed by atoms with Crippen molar-refractivity contribution in [1.82, 2.24) is 14.8 Å². The van der Waals surface area contributed by atoms with E-state index in [-0.39, 0.29) is 46.1 Å². The number of halogens is 3. The lowest BCUT2D eigenvalue weighted by Gasteiger charge is -2.16. The van der Waals surface area contributed by atoms with Crippen molar-refractivity contribution in [2.75, 3.05) is 0 Å². The maximum atomic E-state index is 13.3. The molecule has 0 aliphatic rings. The molecule has 2 aromatic carbocycles. The van der Waals surface area contributed by atoms with Crippen molar-refractivity contribution in [2.24, 2.45) is 0 Å². The summed E-state index contributed by atoms with van der Waals surface area (Å²) in [5, 5.41) is 28.2. The van der Waals surface area contributed by atoms with Gasteiger partial charge in [0.05, 0.1) is 17.7 Å².